The van der Waals surface area contributed by atoms with E-state index >= 15 is 0 Å². The number of hydrogen-bond acceptors (Lipinski definition) is 4. The van der Waals surface area contributed by atoms with Crippen molar-refractivity contribution in [1.29, 1.82) is 0 Å². The number of ketones is 1. The summed E-state index contributed by atoms with van der Waals surface area (Å²) in [6.45, 7) is 2.62. The van der Waals surface area contributed by atoms with Crippen LogP contribution in [-0.2, 0) is 6.42 Å². The van der Waals surface area contributed by atoms with Crippen molar-refractivity contribution >= 4 is 11.7 Å². The number of rotatable bonds is 8. The second-order valence-corrected chi connectivity index (χ2v) is 7.07. The molecule has 1 aromatic heterocycles. The first kappa shape index (κ1) is 21.2. The molecule has 0 spiro atoms. The van der Waals surface area contributed by atoms with Gasteiger partial charge in [0, 0.05) is 42.9 Å². The highest BCUT2D eigenvalue weighted by Crippen LogP contribution is 2.22. The Hall–Kier alpha value is -3.47. The summed E-state index contributed by atoms with van der Waals surface area (Å²) < 4.78 is 5.24. The lowest BCUT2D eigenvalue weighted by Gasteiger charge is -2.14. The molecule has 3 aromatic rings. The van der Waals surface area contributed by atoms with Crippen LogP contribution in [0.5, 0.6) is 5.88 Å². The van der Waals surface area contributed by atoms with Crippen LogP contribution in [0.2, 0.25) is 0 Å². The Morgan fingerprint density at radius 3 is 2.10 bits per heavy atom. The summed E-state index contributed by atoms with van der Waals surface area (Å²) in [7, 11) is 3.37. The van der Waals surface area contributed by atoms with Gasteiger partial charge in [0.15, 0.2) is 5.78 Å². The van der Waals surface area contributed by atoms with Gasteiger partial charge in [0.2, 0.25) is 5.88 Å². The minimum Gasteiger partial charge on any atom is -0.481 e. The van der Waals surface area contributed by atoms with Crippen molar-refractivity contribution in [1.82, 2.24) is 9.88 Å². The molecule has 3 rings (SSSR count). The lowest BCUT2D eigenvalue weighted by atomic mass is 9.99. The van der Waals surface area contributed by atoms with E-state index in [0.29, 0.717) is 36.4 Å². The highest BCUT2D eigenvalue weighted by atomic mass is 16.5. The molecule has 0 atom stereocenters. The Balaban J connectivity index is 1.65. The van der Waals surface area contributed by atoms with Crippen LogP contribution in [0.4, 0.5) is 0 Å². The number of methoxy groups -OCH3 is 1. The molecule has 154 valence electrons. The van der Waals surface area contributed by atoms with Gasteiger partial charge < -0.3 is 9.64 Å². The van der Waals surface area contributed by atoms with Crippen LogP contribution < -0.4 is 4.74 Å². The molecule has 0 unspecified atom stereocenters. The summed E-state index contributed by atoms with van der Waals surface area (Å²) in [5, 5.41) is 0. The predicted octanol–water partition coefficient (Wildman–Crippen LogP) is 4.66. The summed E-state index contributed by atoms with van der Waals surface area (Å²) >= 11 is 0. The van der Waals surface area contributed by atoms with Crippen molar-refractivity contribution in [3.05, 3.63) is 83.6 Å². The lowest BCUT2D eigenvalue weighted by Crippen LogP contribution is -2.26. The van der Waals surface area contributed by atoms with E-state index in [9.17, 15) is 9.59 Å². The van der Waals surface area contributed by atoms with Crippen molar-refractivity contribution < 1.29 is 14.3 Å². The van der Waals surface area contributed by atoms with Crippen molar-refractivity contribution in [3.8, 4) is 17.0 Å². The number of benzene rings is 2. The normalized spacial score (nSPS) is 10.5. The van der Waals surface area contributed by atoms with Gasteiger partial charge in [-0.1, -0.05) is 42.5 Å². The number of aromatic nitrogens is 1. The molecule has 30 heavy (non-hydrogen) atoms. The quantitative estimate of drug-likeness (QED) is 0.514. The van der Waals surface area contributed by atoms with Gasteiger partial charge in [-0.25, -0.2) is 4.98 Å². The molecule has 0 aliphatic rings. The highest BCUT2D eigenvalue weighted by Gasteiger charge is 2.11. The largest absolute Gasteiger partial charge is 0.481 e. The molecule has 5 nitrogen and oxygen atoms in total. The van der Waals surface area contributed by atoms with Crippen molar-refractivity contribution in [3.63, 3.8) is 0 Å². The van der Waals surface area contributed by atoms with E-state index in [1.54, 1.807) is 25.3 Å². The maximum Gasteiger partial charge on any atom is 0.253 e. The number of carbonyl (C=O) groups is 2. The van der Waals surface area contributed by atoms with E-state index < -0.39 is 0 Å². The van der Waals surface area contributed by atoms with Crippen LogP contribution in [-0.4, -0.2) is 42.3 Å². The summed E-state index contributed by atoms with van der Waals surface area (Å²) in [5.74, 6) is 0.652. The Labute approximate surface area is 177 Å². The third-order valence-corrected chi connectivity index (χ3v) is 5.16. The predicted molar refractivity (Wildman–Crippen MR) is 118 cm³/mol. The third-order valence-electron chi connectivity index (χ3n) is 5.16. The van der Waals surface area contributed by atoms with Crippen LogP contribution in [0.15, 0.2) is 66.9 Å². The number of Topliss-reactive ketones (excluding diaryl/α,β-unsaturated/α-hetero) is 1. The summed E-state index contributed by atoms with van der Waals surface area (Å²) in [5.41, 5.74) is 4.28. The van der Waals surface area contributed by atoms with E-state index in [0.717, 1.165) is 16.7 Å². The maximum atomic E-state index is 12.6. The molecule has 0 aliphatic heterocycles. The molecule has 0 fully saturated rings. The fourth-order valence-electron chi connectivity index (χ4n) is 3.21. The summed E-state index contributed by atoms with van der Waals surface area (Å²) in [6.07, 6.45) is 2.65. The van der Waals surface area contributed by atoms with Gasteiger partial charge in [0.25, 0.3) is 5.91 Å². The fourth-order valence-corrected chi connectivity index (χ4v) is 3.21. The van der Waals surface area contributed by atoms with Gasteiger partial charge in [0.1, 0.15) is 0 Å². The Morgan fingerprint density at radius 2 is 1.53 bits per heavy atom. The van der Waals surface area contributed by atoms with Crippen molar-refractivity contribution in [2.24, 2.45) is 0 Å². The maximum absolute atomic E-state index is 12.6. The SMILES string of the molecule is CCN(C)C(=O)c1ccc(-c2ccc(C(=O)CCc3cccnc3OC)cc2)cc1. The molecule has 1 heterocycles. The first-order chi connectivity index (χ1) is 14.5. The molecule has 5 heteroatoms. The number of pyridine rings is 1. The van der Waals surface area contributed by atoms with E-state index in [-0.39, 0.29) is 11.7 Å². The zero-order valence-corrected chi connectivity index (χ0v) is 17.6. The Kier molecular flexibility index (Phi) is 6.96. The number of hydrogen-bond donors (Lipinski definition) is 0. The van der Waals surface area contributed by atoms with E-state index in [4.69, 9.17) is 4.74 Å². The Bertz CT molecular complexity index is 1010. The smallest absolute Gasteiger partial charge is 0.253 e. The van der Waals surface area contributed by atoms with E-state index in [1.807, 2.05) is 67.6 Å². The summed E-state index contributed by atoms with van der Waals surface area (Å²) in [4.78, 5) is 30.6. The van der Waals surface area contributed by atoms with Crippen LogP contribution >= 0.6 is 0 Å². The van der Waals surface area contributed by atoms with Gasteiger partial charge in [-0.15, -0.1) is 0 Å². The zero-order chi connectivity index (χ0) is 21.5. The molecule has 0 radical (unpaired) electrons. The molecular weight excluding hydrogens is 376 g/mol. The summed E-state index contributed by atoms with van der Waals surface area (Å²) in [6, 6.07) is 18.9. The lowest BCUT2D eigenvalue weighted by molar-refractivity contribution is 0.0802. The molecule has 0 aliphatic carbocycles. The standard InChI is InChI=1S/C25H26N2O3/c1-4-27(2)25(29)22-13-9-19(10-14-22)18-7-11-20(12-8-18)23(28)16-15-21-6-5-17-26-24(21)30-3/h5-14,17H,4,15-16H2,1-3H3. The zero-order valence-electron chi connectivity index (χ0n) is 17.6. The first-order valence-corrected chi connectivity index (χ1v) is 10.0. The average molecular weight is 402 g/mol. The molecule has 0 bridgehead atoms. The number of carbonyl (C=O) groups excluding carboxylic acids is 2. The average Bonchev–Trinajstić information content (AvgIpc) is 2.81. The van der Waals surface area contributed by atoms with Crippen LogP contribution in [0.3, 0.4) is 0 Å². The number of amides is 1. The molecular formula is C25H26N2O3. The molecule has 0 saturated heterocycles. The molecule has 2 aromatic carbocycles. The molecule has 0 saturated carbocycles. The topological polar surface area (TPSA) is 59.5 Å². The van der Waals surface area contributed by atoms with Crippen LogP contribution in [0, 0.1) is 0 Å². The number of aryl methyl sites for hydroxylation is 1. The third kappa shape index (κ3) is 4.92. The highest BCUT2D eigenvalue weighted by molar-refractivity contribution is 5.97. The monoisotopic (exact) mass is 402 g/mol. The first-order valence-electron chi connectivity index (χ1n) is 10.0. The van der Waals surface area contributed by atoms with Gasteiger partial charge in [-0.2, -0.15) is 0 Å². The molecule has 1 amide bonds. The fraction of sp³-hybridized carbons (Fsp3) is 0.240. The van der Waals surface area contributed by atoms with Crippen molar-refractivity contribution in [2.45, 2.75) is 19.8 Å². The van der Waals surface area contributed by atoms with Gasteiger partial charge in [0.05, 0.1) is 7.11 Å². The van der Waals surface area contributed by atoms with E-state index in [2.05, 4.69) is 4.98 Å². The minimum atomic E-state index is 0.00948. The minimum absolute atomic E-state index is 0.00948. The molecule has 0 N–H and O–H groups in total. The number of nitrogens with zero attached hydrogens (tertiary/aromatic N) is 2. The number of ether oxygens (including phenoxy) is 1. The van der Waals surface area contributed by atoms with E-state index in [1.165, 1.54) is 0 Å². The Morgan fingerprint density at radius 1 is 0.933 bits per heavy atom. The van der Waals surface area contributed by atoms with Crippen LogP contribution in [0.1, 0.15) is 39.6 Å². The second-order valence-electron chi connectivity index (χ2n) is 7.07. The van der Waals surface area contributed by atoms with Gasteiger partial charge >= 0.3 is 0 Å². The second kappa shape index (κ2) is 9.83. The van der Waals surface area contributed by atoms with Gasteiger partial charge in [-0.3, -0.25) is 9.59 Å². The van der Waals surface area contributed by atoms with Crippen molar-refractivity contribution in [2.75, 3.05) is 20.7 Å². The van der Waals surface area contributed by atoms with Gasteiger partial charge in [-0.05, 0) is 42.7 Å². The van der Waals surface area contributed by atoms with Crippen LogP contribution in [0.25, 0.3) is 11.1 Å².